The summed E-state index contributed by atoms with van der Waals surface area (Å²) in [6.07, 6.45) is 3.89. The molecule has 240 valence electrons. The molecular formula is C37H45N7O2. The van der Waals surface area contributed by atoms with E-state index in [9.17, 15) is 9.59 Å². The van der Waals surface area contributed by atoms with E-state index >= 15 is 0 Å². The summed E-state index contributed by atoms with van der Waals surface area (Å²) < 4.78 is 2.11. The van der Waals surface area contributed by atoms with Crippen molar-refractivity contribution in [1.82, 2.24) is 24.8 Å². The van der Waals surface area contributed by atoms with Crippen LogP contribution in [0.2, 0.25) is 0 Å². The van der Waals surface area contributed by atoms with Gasteiger partial charge in [-0.25, -0.2) is 9.97 Å². The van der Waals surface area contributed by atoms with Crippen molar-refractivity contribution < 1.29 is 9.59 Å². The number of carbonyl (C=O) groups excluding carboxylic acids is 2. The first-order valence-electron chi connectivity index (χ1n) is 16.5. The van der Waals surface area contributed by atoms with Crippen molar-refractivity contribution in [3.63, 3.8) is 0 Å². The molecule has 2 fully saturated rings. The van der Waals surface area contributed by atoms with E-state index in [4.69, 9.17) is 9.97 Å². The van der Waals surface area contributed by atoms with Gasteiger partial charge in [-0.1, -0.05) is 32.0 Å². The third kappa shape index (κ3) is 4.87. The standard InChI is InChI=1S/C37H45N7O2/c1-21(2)43-20-39-30-17-29(41-33(32(30)43)40-24-11-9-22(3)27(14-24)34(45)38-8)23-10-12-28-31(13-23)44(35(46)37(28,6)7)26-15-25(16-26)42-18-36(4,5)19-42/h9-14,17,20-21,25-26H,15-16,18-19H2,1-8H3,(H,38,45)(H,40,41). The van der Waals surface area contributed by atoms with E-state index in [2.05, 4.69) is 70.9 Å². The highest BCUT2D eigenvalue weighted by Crippen LogP contribution is 2.48. The number of fused-ring (bicyclic) bond motifs is 2. The Hall–Kier alpha value is -4.24. The number of benzene rings is 2. The van der Waals surface area contributed by atoms with Gasteiger partial charge in [-0.05, 0) is 88.3 Å². The zero-order valence-corrected chi connectivity index (χ0v) is 28.2. The Bertz CT molecular complexity index is 1870. The van der Waals surface area contributed by atoms with Crippen LogP contribution in [0.5, 0.6) is 0 Å². The predicted octanol–water partition coefficient (Wildman–Crippen LogP) is 6.59. The van der Waals surface area contributed by atoms with Crippen LogP contribution in [0.15, 0.2) is 48.8 Å². The lowest BCUT2D eigenvalue weighted by Crippen LogP contribution is -2.64. The highest BCUT2D eigenvalue weighted by atomic mass is 16.2. The molecule has 0 unspecified atom stereocenters. The Morgan fingerprint density at radius 1 is 1.00 bits per heavy atom. The third-order valence-corrected chi connectivity index (χ3v) is 10.3. The molecule has 4 heterocycles. The maximum absolute atomic E-state index is 13.9. The van der Waals surface area contributed by atoms with Crippen LogP contribution in [-0.2, 0) is 10.2 Å². The molecule has 7 rings (SSSR count). The second-order valence-corrected chi connectivity index (χ2v) is 15.1. The molecule has 2 N–H and O–H groups in total. The molecule has 2 aliphatic heterocycles. The molecular weight excluding hydrogens is 574 g/mol. The number of aryl methyl sites for hydroxylation is 1. The van der Waals surface area contributed by atoms with Crippen molar-refractivity contribution in [3.05, 3.63) is 65.5 Å². The molecule has 1 saturated heterocycles. The summed E-state index contributed by atoms with van der Waals surface area (Å²) in [4.78, 5) is 41.0. The first-order valence-corrected chi connectivity index (χ1v) is 16.5. The monoisotopic (exact) mass is 619 g/mol. The van der Waals surface area contributed by atoms with Gasteiger partial charge in [0.15, 0.2) is 5.82 Å². The van der Waals surface area contributed by atoms with Crippen molar-refractivity contribution in [2.24, 2.45) is 5.41 Å². The van der Waals surface area contributed by atoms with E-state index in [1.165, 1.54) is 0 Å². The Morgan fingerprint density at radius 3 is 2.41 bits per heavy atom. The van der Waals surface area contributed by atoms with Crippen molar-refractivity contribution in [2.45, 2.75) is 84.8 Å². The molecule has 0 radical (unpaired) electrons. The summed E-state index contributed by atoms with van der Waals surface area (Å²) in [6, 6.07) is 15.1. The van der Waals surface area contributed by atoms with Gasteiger partial charge in [0, 0.05) is 60.8 Å². The number of carbonyl (C=O) groups is 2. The number of rotatable bonds is 7. The maximum Gasteiger partial charge on any atom is 0.251 e. The normalized spacial score (nSPS) is 21.7. The molecule has 46 heavy (non-hydrogen) atoms. The highest BCUT2D eigenvalue weighted by molar-refractivity contribution is 6.09. The lowest BCUT2D eigenvalue weighted by atomic mass is 9.76. The molecule has 0 atom stereocenters. The van der Waals surface area contributed by atoms with E-state index < -0.39 is 5.41 Å². The quantitative estimate of drug-likeness (QED) is 0.243. The number of aromatic nitrogens is 3. The maximum atomic E-state index is 13.9. The fourth-order valence-corrected chi connectivity index (χ4v) is 7.59. The number of anilines is 3. The Labute approximate surface area is 271 Å². The first kappa shape index (κ1) is 30.4. The van der Waals surface area contributed by atoms with E-state index in [1.54, 1.807) is 7.05 Å². The zero-order valence-electron chi connectivity index (χ0n) is 28.2. The zero-order chi connectivity index (χ0) is 32.7. The topological polar surface area (TPSA) is 95.4 Å². The van der Waals surface area contributed by atoms with E-state index in [-0.39, 0.29) is 23.9 Å². The minimum Gasteiger partial charge on any atom is -0.355 e. The number of imidazole rings is 1. The van der Waals surface area contributed by atoms with Crippen molar-refractivity contribution in [1.29, 1.82) is 0 Å². The van der Waals surface area contributed by atoms with Gasteiger partial charge in [0.1, 0.15) is 5.52 Å². The number of likely N-dealkylation sites (tertiary alicyclic amines) is 1. The van der Waals surface area contributed by atoms with Gasteiger partial charge < -0.3 is 20.1 Å². The van der Waals surface area contributed by atoms with Crippen LogP contribution >= 0.6 is 0 Å². The average molecular weight is 620 g/mol. The lowest BCUT2D eigenvalue weighted by Gasteiger charge is -2.55. The summed E-state index contributed by atoms with van der Waals surface area (Å²) >= 11 is 0. The van der Waals surface area contributed by atoms with Crippen LogP contribution in [0, 0.1) is 12.3 Å². The first-order chi connectivity index (χ1) is 21.8. The van der Waals surface area contributed by atoms with Gasteiger partial charge in [-0.2, -0.15) is 0 Å². The third-order valence-electron chi connectivity index (χ3n) is 10.3. The van der Waals surface area contributed by atoms with Gasteiger partial charge in [-0.3, -0.25) is 14.5 Å². The molecule has 2 aromatic carbocycles. The molecule has 0 spiro atoms. The molecule has 0 bridgehead atoms. The predicted molar refractivity (Wildman–Crippen MR) is 184 cm³/mol. The number of hydrogen-bond acceptors (Lipinski definition) is 6. The highest BCUT2D eigenvalue weighted by Gasteiger charge is 2.51. The van der Waals surface area contributed by atoms with E-state index in [0.717, 1.165) is 70.7 Å². The van der Waals surface area contributed by atoms with Crippen LogP contribution < -0.4 is 15.5 Å². The van der Waals surface area contributed by atoms with Crippen molar-refractivity contribution in [2.75, 3.05) is 30.4 Å². The largest absolute Gasteiger partial charge is 0.355 e. The summed E-state index contributed by atoms with van der Waals surface area (Å²) in [7, 11) is 1.64. The number of hydrogen-bond donors (Lipinski definition) is 2. The van der Waals surface area contributed by atoms with Crippen LogP contribution in [0.3, 0.4) is 0 Å². The fourth-order valence-electron chi connectivity index (χ4n) is 7.59. The summed E-state index contributed by atoms with van der Waals surface area (Å²) in [6.45, 7) is 17.2. The van der Waals surface area contributed by atoms with Gasteiger partial charge >= 0.3 is 0 Å². The number of nitrogens with zero attached hydrogens (tertiary/aromatic N) is 5. The second-order valence-electron chi connectivity index (χ2n) is 15.1. The van der Waals surface area contributed by atoms with Crippen LogP contribution in [0.1, 0.15) is 81.9 Å². The minimum atomic E-state index is -0.578. The SMILES string of the molecule is CNC(=O)c1cc(Nc2nc(-c3ccc4c(c3)N(C3CC(N5CC(C)(C)C5)C3)C(=O)C4(C)C)cc3ncn(C(C)C)c23)ccc1C. The molecule has 1 saturated carbocycles. The smallest absolute Gasteiger partial charge is 0.251 e. The number of pyridine rings is 1. The van der Waals surface area contributed by atoms with Crippen molar-refractivity contribution in [3.8, 4) is 11.3 Å². The Kier molecular flexibility index (Phi) is 7.05. The molecule has 1 aliphatic carbocycles. The Balaban J connectivity index is 1.26. The summed E-state index contributed by atoms with van der Waals surface area (Å²) in [5.41, 5.74) is 7.60. The van der Waals surface area contributed by atoms with Gasteiger partial charge in [-0.15, -0.1) is 0 Å². The molecule has 2 amide bonds. The fraction of sp³-hybridized carbons (Fsp3) is 0.459. The van der Waals surface area contributed by atoms with Crippen LogP contribution in [0.25, 0.3) is 22.3 Å². The average Bonchev–Trinajstić information content (AvgIpc) is 3.49. The van der Waals surface area contributed by atoms with Crippen LogP contribution in [-0.4, -0.2) is 63.5 Å². The van der Waals surface area contributed by atoms with Crippen molar-refractivity contribution >= 4 is 40.0 Å². The van der Waals surface area contributed by atoms with Gasteiger partial charge in [0.05, 0.1) is 23.0 Å². The number of nitrogens with one attached hydrogen (secondary N) is 2. The second kappa shape index (κ2) is 10.7. The molecule has 4 aromatic rings. The van der Waals surface area contributed by atoms with E-state index in [0.29, 0.717) is 22.8 Å². The lowest BCUT2D eigenvalue weighted by molar-refractivity contribution is -0.123. The number of amides is 2. The van der Waals surface area contributed by atoms with Gasteiger partial charge in [0.25, 0.3) is 5.91 Å². The summed E-state index contributed by atoms with van der Waals surface area (Å²) in [5, 5.41) is 6.25. The summed E-state index contributed by atoms with van der Waals surface area (Å²) in [5.74, 6) is 0.713. The molecule has 9 nitrogen and oxygen atoms in total. The van der Waals surface area contributed by atoms with Crippen LogP contribution in [0.4, 0.5) is 17.2 Å². The van der Waals surface area contributed by atoms with E-state index in [1.807, 2.05) is 51.4 Å². The molecule has 3 aliphatic rings. The molecule has 9 heteroatoms. The minimum absolute atomic E-state index is 0.133. The molecule has 2 aromatic heterocycles. The Morgan fingerprint density at radius 2 is 1.74 bits per heavy atom. The van der Waals surface area contributed by atoms with Gasteiger partial charge in [0.2, 0.25) is 5.91 Å².